The van der Waals surface area contributed by atoms with Gasteiger partial charge in [0.1, 0.15) is 11.5 Å². The van der Waals surface area contributed by atoms with Crippen LogP contribution in [0.1, 0.15) is 37.0 Å². The molecule has 6 heteroatoms. The summed E-state index contributed by atoms with van der Waals surface area (Å²) in [5.74, 6) is 1.90. The van der Waals surface area contributed by atoms with Crippen molar-refractivity contribution in [2.45, 2.75) is 37.8 Å². The lowest BCUT2D eigenvalue weighted by Gasteiger charge is -2.24. The first-order valence-electron chi connectivity index (χ1n) is 7.22. The van der Waals surface area contributed by atoms with Gasteiger partial charge in [-0.1, -0.05) is 19.1 Å². The summed E-state index contributed by atoms with van der Waals surface area (Å²) in [7, 11) is -1.64. The molecule has 0 radical (unpaired) electrons. The summed E-state index contributed by atoms with van der Waals surface area (Å²) in [6.07, 6.45) is 0.883. The van der Waals surface area contributed by atoms with Crippen LogP contribution in [0.15, 0.2) is 45.7 Å². The van der Waals surface area contributed by atoms with Crippen molar-refractivity contribution in [2.24, 2.45) is 5.14 Å². The summed E-state index contributed by atoms with van der Waals surface area (Å²) in [6.45, 7) is 4.82. The number of benzene rings is 1. The minimum atomic E-state index is -3.64. The molecule has 1 heterocycles. The normalized spacial score (nSPS) is 13.5. The molecular weight excluding hydrogens is 300 g/mol. The van der Waals surface area contributed by atoms with Crippen LogP contribution in [0.5, 0.6) is 0 Å². The van der Waals surface area contributed by atoms with E-state index < -0.39 is 10.0 Å². The van der Waals surface area contributed by atoms with Crippen LogP contribution in [0.3, 0.4) is 0 Å². The fourth-order valence-electron chi connectivity index (χ4n) is 2.27. The Morgan fingerprint density at radius 3 is 2.23 bits per heavy atom. The Labute approximate surface area is 131 Å². The van der Waals surface area contributed by atoms with Gasteiger partial charge in [0.25, 0.3) is 0 Å². The maximum absolute atomic E-state index is 11.3. The number of nitrogens with two attached hydrogens (primary N) is 1. The second-order valence-electron chi connectivity index (χ2n) is 5.43. The van der Waals surface area contributed by atoms with Gasteiger partial charge in [-0.05, 0) is 43.8 Å². The number of rotatable bonds is 6. The van der Waals surface area contributed by atoms with Gasteiger partial charge in [-0.15, -0.1) is 0 Å². The van der Waals surface area contributed by atoms with E-state index in [-0.39, 0.29) is 10.9 Å². The molecule has 2 N–H and O–H groups in total. The van der Waals surface area contributed by atoms with Crippen molar-refractivity contribution in [3.63, 3.8) is 0 Å². The van der Waals surface area contributed by atoms with Gasteiger partial charge in [-0.25, -0.2) is 13.6 Å². The molecule has 0 saturated carbocycles. The molecule has 0 spiro atoms. The zero-order chi connectivity index (χ0) is 16.3. The number of sulfonamides is 1. The van der Waals surface area contributed by atoms with E-state index in [1.807, 2.05) is 19.2 Å². The number of nitrogens with zero attached hydrogens (tertiary/aromatic N) is 1. The molecule has 0 aliphatic heterocycles. The Hall–Kier alpha value is -1.63. The zero-order valence-electron chi connectivity index (χ0n) is 13.1. The predicted molar refractivity (Wildman–Crippen MR) is 85.8 cm³/mol. The molecule has 0 aliphatic carbocycles. The van der Waals surface area contributed by atoms with Crippen molar-refractivity contribution < 1.29 is 12.8 Å². The van der Waals surface area contributed by atoms with Crippen LogP contribution >= 0.6 is 0 Å². The smallest absolute Gasteiger partial charge is 0.238 e. The Bertz CT molecular complexity index is 720. The largest absolute Gasteiger partial charge is 0.465 e. The fraction of sp³-hybridized carbons (Fsp3) is 0.375. The molecule has 0 bridgehead atoms. The molecule has 1 aromatic heterocycles. The molecule has 0 aliphatic rings. The summed E-state index contributed by atoms with van der Waals surface area (Å²) < 4.78 is 28.3. The lowest BCUT2D eigenvalue weighted by atomic mass is 10.1. The highest BCUT2D eigenvalue weighted by molar-refractivity contribution is 7.89. The third kappa shape index (κ3) is 3.97. The van der Waals surface area contributed by atoms with Gasteiger partial charge >= 0.3 is 0 Å². The Kier molecular flexibility index (Phi) is 5.05. The van der Waals surface area contributed by atoms with Gasteiger partial charge in [0.2, 0.25) is 10.0 Å². The van der Waals surface area contributed by atoms with E-state index >= 15 is 0 Å². The number of hydrogen-bond acceptors (Lipinski definition) is 4. The van der Waals surface area contributed by atoms with Crippen LogP contribution in [0.2, 0.25) is 0 Å². The molecule has 0 amide bonds. The quantitative estimate of drug-likeness (QED) is 0.887. The molecule has 120 valence electrons. The fourth-order valence-corrected chi connectivity index (χ4v) is 2.79. The summed E-state index contributed by atoms with van der Waals surface area (Å²) >= 11 is 0. The van der Waals surface area contributed by atoms with Gasteiger partial charge in [0.05, 0.1) is 11.4 Å². The van der Waals surface area contributed by atoms with Crippen LogP contribution in [0.25, 0.3) is 0 Å². The molecule has 0 saturated heterocycles. The van der Waals surface area contributed by atoms with Crippen LogP contribution in [-0.4, -0.2) is 20.4 Å². The number of aryl methyl sites for hydroxylation is 1. The van der Waals surface area contributed by atoms with Gasteiger partial charge in [0, 0.05) is 12.5 Å². The van der Waals surface area contributed by atoms with E-state index in [0.29, 0.717) is 6.54 Å². The van der Waals surface area contributed by atoms with E-state index in [1.54, 1.807) is 12.1 Å². The van der Waals surface area contributed by atoms with E-state index in [1.165, 1.54) is 12.1 Å². The average molecular weight is 322 g/mol. The van der Waals surface area contributed by atoms with Crippen molar-refractivity contribution in [2.75, 3.05) is 7.05 Å². The first-order valence-corrected chi connectivity index (χ1v) is 8.76. The first kappa shape index (κ1) is 16.7. The van der Waals surface area contributed by atoms with Crippen LogP contribution in [0, 0.1) is 0 Å². The summed E-state index contributed by atoms with van der Waals surface area (Å²) in [4.78, 5) is 2.27. The van der Waals surface area contributed by atoms with Crippen molar-refractivity contribution in [1.29, 1.82) is 0 Å². The highest BCUT2D eigenvalue weighted by Gasteiger charge is 2.15. The second-order valence-corrected chi connectivity index (χ2v) is 6.99. The Morgan fingerprint density at radius 1 is 1.14 bits per heavy atom. The minimum Gasteiger partial charge on any atom is -0.465 e. The van der Waals surface area contributed by atoms with Crippen molar-refractivity contribution in [1.82, 2.24) is 4.90 Å². The van der Waals surface area contributed by atoms with Crippen molar-refractivity contribution in [3.8, 4) is 0 Å². The zero-order valence-corrected chi connectivity index (χ0v) is 13.9. The van der Waals surface area contributed by atoms with E-state index in [0.717, 1.165) is 23.5 Å². The van der Waals surface area contributed by atoms with Crippen LogP contribution < -0.4 is 5.14 Å². The van der Waals surface area contributed by atoms with E-state index in [4.69, 9.17) is 9.56 Å². The third-order valence-electron chi connectivity index (χ3n) is 3.82. The molecule has 1 atom stereocenters. The molecule has 1 unspecified atom stereocenters. The molecule has 1 aromatic carbocycles. The van der Waals surface area contributed by atoms with Gasteiger partial charge < -0.3 is 4.42 Å². The number of primary sulfonamides is 1. The van der Waals surface area contributed by atoms with E-state index in [9.17, 15) is 8.42 Å². The lowest BCUT2D eigenvalue weighted by molar-refractivity contribution is 0.230. The second kappa shape index (κ2) is 6.64. The molecule has 0 fully saturated rings. The predicted octanol–water partition coefficient (Wildman–Crippen LogP) is 2.68. The minimum absolute atomic E-state index is 0.129. The SMILES string of the molecule is CCc1ccc(CN(C)C(C)c2ccc(S(N)(=O)=O)cc2)o1. The molecule has 5 nitrogen and oxygen atoms in total. The van der Waals surface area contributed by atoms with Gasteiger partial charge in [-0.2, -0.15) is 0 Å². The van der Waals surface area contributed by atoms with E-state index in [2.05, 4.69) is 18.7 Å². The maximum Gasteiger partial charge on any atom is 0.238 e. The highest BCUT2D eigenvalue weighted by atomic mass is 32.2. The molecular formula is C16H22N2O3S. The summed E-state index contributed by atoms with van der Waals surface area (Å²) in [6, 6.07) is 10.8. The third-order valence-corrected chi connectivity index (χ3v) is 4.75. The Morgan fingerprint density at radius 2 is 1.73 bits per heavy atom. The average Bonchev–Trinajstić information content (AvgIpc) is 2.93. The molecule has 22 heavy (non-hydrogen) atoms. The first-order chi connectivity index (χ1) is 10.3. The number of hydrogen-bond donors (Lipinski definition) is 1. The van der Waals surface area contributed by atoms with Crippen LogP contribution in [-0.2, 0) is 23.0 Å². The van der Waals surface area contributed by atoms with Crippen LogP contribution in [0.4, 0.5) is 0 Å². The Balaban J connectivity index is 2.08. The molecule has 2 aromatic rings. The summed E-state index contributed by atoms with van der Waals surface area (Å²) in [5, 5.41) is 5.11. The topological polar surface area (TPSA) is 76.5 Å². The summed E-state index contributed by atoms with van der Waals surface area (Å²) in [5.41, 5.74) is 1.03. The lowest BCUT2D eigenvalue weighted by Crippen LogP contribution is -2.21. The van der Waals surface area contributed by atoms with Crippen molar-refractivity contribution in [3.05, 3.63) is 53.5 Å². The van der Waals surface area contributed by atoms with Gasteiger partial charge in [0.15, 0.2) is 0 Å². The number of furan rings is 1. The molecule has 2 rings (SSSR count). The highest BCUT2D eigenvalue weighted by Crippen LogP contribution is 2.22. The van der Waals surface area contributed by atoms with Gasteiger partial charge in [-0.3, -0.25) is 4.90 Å². The van der Waals surface area contributed by atoms with Crippen molar-refractivity contribution >= 4 is 10.0 Å². The maximum atomic E-state index is 11.3. The monoisotopic (exact) mass is 322 g/mol. The standard InChI is InChI=1S/C16H22N2O3S/c1-4-14-7-8-15(21-14)11-18(3)12(2)13-5-9-16(10-6-13)22(17,19)20/h5-10,12H,4,11H2,1-3H3,(H2,17,19,20).